The van der Waals surface area contributed by atoms with Crippen molar-refractivity contribution in [1.82, 2.24) is 4.90 Å². The number of halogens is 1. The third kappa shape index (κ3) is 4.10. The first kappa shape index (κ1) is 17.0. The van der Waals surface area contributed by atoms with Crippen LogP contribution < -0.4 is 0 Å². The minimum Gasteiger partial charge on any atom is -0.480 e. The Morgan fingerprint density at radius 2 is 2.14 bits per heavy atom. The summed E-state index contributed by atoms with van der Waals surface area (Å²) in [5, 5.41) is 9.27. The Morgan fingerprint density at radius 1 is 1.45 bits per heavy atom. The van der Waals surface area contributed by atoms with E-state index in [1.807, 2.05) is 24.3 Å². The van der Waals surface area contributed by atoms with Gasteiger partial charge in [0.25, 0.3) is 0 Å². The number of aliphatic carboxylic acids is 1. The molecule has 1 unspecified atom stereocenters. The first-order valence-electron chi connectivity index (χ1n) is 6.81. The van der Waals surface area contributed by atoms with E-state index < -0.39 is 12.0 Å². The second-order valence-corrected chi connectivity index (χ2v) is 7.46. The molecule has 1 aliphatic rings. The third-order valence-electron chi connectivity index (χ3n) is 3.49. The lowest BCUT2D eigenvalue weighted by atomic mass is 10.1. The third-order valence-corrected chi connectivity index (χ3v) is 5.24. The zero-order valence-electron chi connectivity index (χ0n) is 12.0. The highest BCUT2D eigenvalue weighted by Crippen LogP contribution is 2.28. The predicted molar refractivity (Wildman–Crippen MR) is 87.7 cm³/mol. The monoisotopic (exact) mass is 385 g/mol. The number of rotatable bonds is 5. The van der Waals surface area contributed by atoms with E-state index >= 15 is 0 Å². The average molecular weight is 386 g/mol. The maximum Gasteiger partial charge on any atom is 0.326 e. The van der Waals surface area contributed by atoms with Gasteiger partial charge in [-0.15, -0.1) is 0 Å². The molecule has 1 amide bonds. The van der Waals surface area contributed by atoms with Gasteiger partial charge in [0, 0.05) is 36.0 Å². The van der Waals surface area contributed by atoms with Crippen LogP contribution in [0.1, 0.15) is 18.9 Å². The largest absolute Gasteiger partial charge is 0.480 e. The standard InChI is InChI=1S/C15H16BrNO4S/c1-9(18)22-11-7-14(19)17(8-11)13(15(20)21)6-10-4-2-3-5-12(10)16/h2-5,11,13H,6-8H2,1H3,(H,20,21)/t11?,13-/m0/s1. The first-order valence-corrected chi connectivity index (χ1v) is 8.48. The number of nitrogens with zero attached hydrogens (tertiary/aromatic N) is 1. The molecule has 2 atom stereocenters. The van der Waals surface area contributed by atoms with Crippen LogP contribution in [0.3, 0.4) is 0 Å². The lowest BCUT2D eigenvalue weighted by molar-refractivity contribution is -0.148. The molecule has 5 nitrogen and oxygen atoms in total. The summed E-state index contributed by atoms with van der Waals surface area (Å²) in [5.74, 6) is -1.24. The normalized spacial score (nSPS) is 19.3. The SMILES string of the molecule is CC(=O)SC1CC(=O)N([C@@H](Cc2ccccc2Br)C(=O)O)C1. The fourth-order valence-electron chi connectivity index (χ4n) is 2.52. The van der Waals surface area contributed by atoms with Gasteiger partial charge in [0.2, 0.25) is 5.91 Å². The van der Waals surface area contributed by atoms with Gasteiger partial charge in [0.15, 0.2) is 5.12 Å². The molecule has 1 saturated heterocycles. The van der Waals surface area contributed by atoms with Crippen LogP contribution in [0.25, 0.3) is 0 Å². The zero-order valence-corrected chi connectivity index (χ0v) is 14.4. The topological polar surface area (TPSA) is 74.7 Å². The van der Waals surface area contributed by atoms with Gasteiger partial charge < -0.3 is 10.0 Å². The van der Waals surface area contributed by atoms with Gasteiger partial charge in [-0.1, -0.05) is 45.9 Å². The molecule has 0 aromatic heterocycles. The van der Waals surface area contributed by atoms with E-state index in [0.717, 1.165) is 21.8 Å². The smallest absolute Gasteiger partial charge is 0.326 e. The summed E-state index contributed by atoms with van der Waals surface area (Å²) in [4.78, 5) is 36.2. The summed E-state index contributed by atoms with van der Waals surface area (Å²) < 4.78 is 0.822. The van der Waals surface area contributed by atoms with Crippen LogP contribution in [0.5, 0.6) is 0 Å². The Balaban J connectivity index is 2.15. The molecule has 1 aromatic carbocycles. The van der Waals surface area contributed by atoms with E-state index in [-0.39, 0.29) is 29.1 Å². The van der Waals surface area contributed by atoms with Crippen molar-refractivity contribution < 1.29 is 19.5 Å². The van der Waals surface area contributed by atoms with Gasteiger partial charge in [0.05, 0.1) is 0 Å². The minimum absolute atomic E-state index is 0.0580. The van der Waals surface area contributed by atoms with Crippen LogP contribution in [-0.2, 0) is 20.8 Å². The first-order chi connectivity index (χ1) is 10.4. The molecule has 2 rings (SSSR count). The van der Waals surface area contributed by atoms with Crippen LogP contribution in [-0.4, -0.2) is 44.8 Å². The molecule has 0 bridgehead atoms. The van der Waals surface area contributed by atoms with Crippen molar-refractivity contribution in [3.8, 4) is 0 Å². The molecule has 1 aromatic rings. The summed E-state index contributed by atoms with van der Waals surface area (Å²) >= 11 is 4.50. The Hall–Kier alpha value is -1.34. The van der Waals surface area contributed by atoms with E-state index in [0.29, 0.717) is 6.54 Å². The number of carbonyl (C=O) groups is 3. The number of hydrogen-bond donors (Lipinski definition) is 1. The van der Waals surface area contributed by atoms with E-state index in [1.165, 1.54) is 11.8 Å². The number of hydrogen-bond acceptors (Lipinski definition) is 4. The van der Waals surface area contributed by atoms with E-state index in [1.54, 1.807) is 0 Å². The molecule has 22 heavy (non-hydrogen) atoms. The molecule has 1 heterocycles. The fraction of sp³-hybridized carbons (Fsp3) is 0.400. The van der Waals surface area contributed by atoms with Crippen molar-refractivity contribution >= 4 is 44.7 Å². The summed E-state index contributed by atoms with van der Waals surface area (Å²) in [6, 6.07) is 6.45. The molecule has 0 saturated carbocycles. The van der Waals surface area contributed by atoms with Crippen molar-refractivity contribution in [2.24, 2.45) is 0 Å². The summed E-state index contributed by atoms with van der Waals surface area (Å²) in [5.41, 5.74) is 0.838. The quantitative estimate of drug-likeness (QED) is 0.841. The van der Waals surface area contributed by atoms with Crippen LogP contribution in [0.15, 0.2) is 28.7 Å². The summed E-state index contributed by atoms with van der Waals surface area (Å²) in [6.07, 6.45) is 0.448. The highest BCUT2D eigenvalue weighted by atomic mass is 79.9. The maximum absolute atomic E-state index is 12.1. The van der Waals surface area contributed by atoms with Gasteiger partial charge in [-0.2, -0.15) is 0 Å². The van der Waals surface area contributed by atoms with Crippen molar-refractivity contribution in [3.63, 3.8) is 0 Å². The van der Waals surface area contributed by atoms with Crippen molar-refractivity contribution in [1.29, 1.82) is 0 Å². The molecule has 7 heteroatoms. The predicted octanol–water partition coefficient (Wildman–Crippen LogP) is 2.33. The number of likely N-dealkylation sites (tertiary alicyclic amines) is 1. The number of thioether (sulfide) groups is 1. The number of carboxylic acids is 1. The van der Waals surface area contributed by atoms with Gasteiger partial charge in [-0.05, 0) is 11.6 Å². The van der Waals surface area contributed by atoms with E-state index in [9.17, 15) is 19.5 Å². The number of carboxylic acid groups (broad SMARTS) is 1. The second-order valence-electron chi connectivity index (χ2n) is 5.13. The Bertz CT molecular complexity index is 607. The van der Waals surface area contributed by atoms with Crippen molar-refractivity contribution in [2.75, 3.05) is 6.54 Å². The molecule has 0 radical (unpaired) electrons. The molecule has 1 fully saturated rings. The van der Waals surface area contributed by atoms with Gasteiger partial charge in [-0.25, -0.2) is 4.79 Å². The van der Waals surface area contributed by atoms with Crippen molar-refractivity contribution in [3.05, 3.63) is 34.3 Å². The minimum atomic E-state index is -1.03. The molecule has 0 spiro atoms. The highest BCUT2D eigenvalue weighted by molar-refractivity contribution is 9.10. The molecule has 0 aliphatic carbocycles. The maximum atomic E-state index is 12.1. The zero-order chi connectivity index (χ0) is 16.3. The number of carbonyl (C=O) groups excluding carboxylic acids is 2. The summed E-state index contributed by atoms with van der Waals surface area (Å²) in [6.45, 7) is 1.75. The number of amides is 1. The Morgan fingerprint density at radius 3 is 2.73 bits per heavy atom. The van der Waals surface area contributed by atoms with Crippen LogP contribution in [0, 0.1) is 0 Å². The average Bonchev–Trinajstić information content (AvgIpc) is 2.77. The highest BCUT2D eigenvalue weighted by Gasteiger charge is 2.38. The Labute approximate surface area is 141 Å². The van der Waals surface area contributed by atoms with Crippen molar-refractivity contribution in [2.45, 2.75) is 31.1 Å². The molecular formula is C15H16BrNO4S. The van der Waals surface area contributed by atoms with Gasteiger partial charge >= 0.3 is 5.97 Å². The lowest BCUT2D eigenvalue weighted by Crippen LogP contribution is -2.44. The lowest BCUT2D eigenvalue weighted by Gasteiger charge is -2.25. The summed E-state index contributed by atoms with van der Waals surface area (Å²) in [7, 11) is 0. The van der Waals surface area contributed by atoms with E-state index in [4.69, 9.17) is 0 Å². The fourth-order valence-corrected chi connectivity index (χ4v) is 3.89. The van der Waals surface area contributed by atoms with E-state index in [2.05, 4.69) is 15.9 Å². The van der Waals surface area contributed by atoms with Gasteiger partial charge in [-0.3, -0.25) is 9.59 Å². The van der Waals surface area contributed by atoms with Gasteiger partial charge in [0.1, 0.15) is 6.04 Å². The van der Waals surface area contributed by atoms with Crippen LogP contribution in [0.2, 0.25) is 0 Å². The second kappa shape index (κ2) is 7.28. The number of benzene rings is 1. The molecule has 1 aliphatic heterocycles. The molecular weight excluding hydrogens is 370 g/mol. The molecule has 1 N–H and O–H groups in total. The Kier molecular flexibility index (Phi) is 5.63. The van der Waals surface area contributed by atoms with Crippen LogP contribution in [0.4, 0.5) is 0 Å². The molecule has 118 valence electrons. The van der Waals surface area contributed by atoms with Crippen LogP contribution >= 0.6 is 27.7 Å².